The average Bonchev–Trinajstić information content (AvgIpc) is 3.51. The van der Waals surface area contributed by atoms with Gasteiger partial charge in [-0.1, -0.05) is 20.8 Å². The van der Waals surface area contributed by atoms with Gasteiger partial charge in [0.05, 0.1) is 17.9 Å². The molecule has 0 radical (unpaired) electrons. The van der Waals surface area contributed by atoms with Crippen LogP contribution in [-0.4, -0.2) is 62.1 Å². The highest BCUT2D eigenvalue weighted by atomic mass is 19.4. The van der Waals surface area contributed by atoms with Crippen LogP contribution in [0.15, 0.2) is 18.2 Å². The first-order chi connectivity index (χ1) is 15.4. The van der Waals surface area contributed by atoms with Crippen molar-refractivity contribution in [1.29, 1.82) is 0 Å². The summed E-state index contributed by atoms with van der Waals surface area (Å²) >= 11 is 0. The standard InChI is InChI=1S/C23H33F3N4O3/c1-22(2,3)14-29(12-15-4-5-15)19(11-27)21(32)28-16-6-7-18(17(10-16)23(24,25)26)30-8-9-33-13-20(30)31/h6-7,10,15,19H,4-5,8-9,11-14,27H2,1-3H3,(H,28,32)/t19-/m1/s1. The first kappa shape index (κ1) is 25.5. The van der Waals surface area contributed by atoms with Gasteiger partial charge in [-0.3, -0.25) is 14.5 Å². The lowest BCUT2D eigenvalue weighted by Crippen LogP contribution is -2.51. The molecule has 2 aliphatic rings. The maximum atomic E-state index is 13.8. The van der Waals surface area contributed by atoms with Crippen LogP contribution in [0.3, 0.4) is 0 Å². The summed E-state index contributed by atoms with van der Waals surface area (Å²) < 4.78 is 46.5. The quantitative estimate of drug-likeness (QED) is 0.610. The molecule has 3 rings (SSSR count). The third-order valence-corrected chi connectivity index (χ3v) is 5.68. The first-order valence-corrected chi connectivity index (χ1v) is 11.2. The Bertz CT molecular complexity index is 865. The molecular formula is C23H33F3N4O3. The van der Waals surface area contributed by atoms with E-state index in [2.05, 4.69) is 26.1 Å². The lowest BCUT2D eigenvalue weighted by molar-refractivity contribution is -0.137. The molecule has 1 saturated carbocycles. The summed E-state index contributed by atoms with van der Waals surface area (Å²) in [5.41, 5.74) is 4.66. The summed E-state index contributed by atoms with van der Waals surface area (Å²) in [5.74, 6) is -0.452. The van der Waals surface area contributed by atoms with Gasteiger partial charge in [0.2, 0.25) is 5.91 Å². The van der Waals surface area contributed by atoms with E-state index < -0.39 is 29.6 Å². The molecule has 1 aliphatic heterocycles. The van der Waals surface area contributed by atoms with Crippen molar-refractivity contribution in [1.82, 2.24) is 4.90 Å². The van der Waals surface area contributed by atoms with Crippen LogP contribution in [0.1, 0.15) is 39.2 Å². The van der Waals surface area contributed by atoms with Crippen molar-refractivity contribution in [3.05, 3.63) is 23.8 Å². The molecule has 1 aromatic rings. The molecule has 2 fully saturated rings. The van der Waals surface area contributed by atoms with Crippen molar-refractivity contribution in [2.75, 3.05) is 49.6 Å². The molecule has 1 atom stereocenters. The Morgan fingerprint density at radius 2 is 2.00 bits per heavy atom. The van der Waals surface area contributed by atoms with Gasteiger partial charge in [-0.2, -0.15) is 13.2 Å². The number of hydrogen-bond acceptors (Lipinski definition) is 5. The predicted molar refractivity (Wildman–Crippen MR) is 120 cm³/mol. The maximum Gasteiger partial charge on any atom is 0.418 e. The van der Waals surface area contributed by atoms with Crippen LogP contribution in [0.4, 0.5) is 24.5 Å². The summed E-state index contributed by atoms with van der Waals surface area (Å²) in [6.07, 6.45) is -2.49. The minimum Gasteiger partial charge on any atom is -0.370 e. The van der Waals surface area contributed by atoms with Gasteiger partial charge in [-0.25, -0.2) is 0 Å². The Hall–Kier alpha value is -2.17. The van der Waals surface area contributed by atoms with Crippen molar-refractivity contribution < 1.29 is 27.5 Å². The zero-order chi connectivity index (χ0) is 24.4. The molecule has 1 aromatic carbocycles. The minimum absolute atomic E-state index is 0.0114. The van der Waals surface area contributed by atoms with Gasteiger partial charge in [0.1, 0.15) is 12.6 Å². The van der Waals surface area contributed by atoms with Crippen LogP contribution in [0.2, 0.25) is 0 Å². The Morgan fingerprint density at radius 1 is 1.30 bits per heavy atom. The van der Waals surface area contributed by atoms with Gasteiger partial charge < -0.3 is 20.7 Å². The molecule has 3 N–H and O–H groups in total. The fraction of sp³-hybridized carbons (Fsp3) is 0.652. The molecule has 1 aliphatic carbocycles. The smallest absolute Gasteiger partial charge is 0.370 e. The van der Waals surface area contributed by atoms with E-state index >= 15 is 0 Å². The average molecular weight is 471 g/mol. The normalized spacial score (nSPS) is 18.5. The van der Waals surface area contributed by atoms with Crippen molar-refractivity contribution in [3.63, 3.8) is 0 Å². The monoisotopic (exact) mass is 470 g/mol. The molecule has 1 heterocycles. The largest absolute Gasteiger partial charge is 0.418 e. The second-order valence-electron chi connectivity index (χ2n) is 10.0. The van der Waals surface area contributed by atoms with Gasteiger partial charge in [0, 0.05) is 31.9 Å². The van der Waals surface area contributed by atoms with E-state index in [4.69, 9.17) is 10.5 Å². The summed E-state index contributed by atoms with van der Waals surface area (Å²) in [7, 11) is 0. The molecule has 0 bridgehead atoms. The van der Waals surface area contributed by atoms with Crippen molar-refractivity contribution >= 4 is 23.2 Å². The third-order valence-electron chi connectivity index (χ3n) is 5.68. The number of amides is 2. The predicted octanol–water partition coefficient (Wildman–Crippen LogP) is 3.09. The number of morpholine rings is 1. The van der Waals surface area contributed by atoms with Crippen molar-refractivity contribution in [3.8, 4) is 0 Å². The molecule has 2 amide bonds. The molecule has 10 heteroatoms. The number of carbonyl (C=O) groups excluding carboxylic acids is 2. The number of hydrogen-bond donors (Lipinski definition) is 2. The fourth-order valence-corrected chi connectivity index (χ4v) is 4.04. The number of nitrogens with zero attached hydrogens (tertiary/aromatic N) is 2. The number of ether oxygens (including phenoxy) is 1. The number of anilines is 2. The number of rotatable bonds is 8. The topological polar surface area (TPSA) is 87.9 Å². The van der Waals surface area contributed by atoms with Gasteiger partial charge in [0.25, 0.3) is 5.91 Å². The van der Waals surface area contributed by atoms with Crippen LogP contribution in [0.5, 0.6) is 0 Å². The minimum atomic E-state index is -4.70. The van der Waals surface area contributed by atoms with Gasteiger partial charge >= 0.3 is 6.18 Å². The van der Waals surface area contributed by atoms with Gasteiger partial charge in [-0.15, -0.1) is 0 Å². The summed E-state index contributed by atoms with van der Waals surface area (Å²) in [6, 6.07) is 2.82. The second kappa shape index (κ2) is 9.99. The van der Waals surface area contributed by atoms with Crippen molar-refractivity contribution in [2.24, 2.45) is 17.1 Å². The Labute approximate surface area is 192 Å². The van der Waals surface area contributed by atoms with E-state index in [0.29, 0.717) is 12.5 Å². The number of halogens is 3. The number of alkyl halides is 3. The van der Waals surface area contributed by atoms with E-state index in [-0.39, 0.29) is 43.1 Å². The molecular weight excluding hydrogens is 437 g/mol. The zero-order valence-electron chi connectivity index (χ0n) is 19.4. The Kier molecular flexibility index (Phi) is 7.70. The third kappa shape index (κ3) is 6.91. The zero-order valence-corrected chi connectivity index (χ0v) is 19.4. The first-order valence-electron chi connectivity index (χ1n) is 11.2. The Balaban J connectivity index is 1.83. The van der Waals surface area contributed by atoms with Crippen LogP contribution < -0.4 is 16.0 Å². The summed E-state index contributed by atoms with van der Waals surface area (Å²) in [5, 5.41) is 2.62. The number of carbonyl (C=O) groups is 2. The highest BCUT2D eigenvalue weighted by molar-refractivity contribution is 5.98. The van der Waals surface area contributed by atoms with E-state index in [9.17, 15) is 22.8 Å². The molecule has 1 saturated heterocycles. The molecule has 7 nitrogen and oxygen atoms in total. The highest BCUT2D eigenvalue weighted by Gasteiger charge is 2.38. The highest BCUT2D eigenvalue weighted by Crippen LogP contribution is 2.39. The number of benzene rings is 1. The molecule has 33 heavy (non-hydrogen) atoms. The molecule has 184 valence electrons. The summed E-state index contributed by atoms with van der Waals surface area (Å²) in [4.78, 5) is 28.3. The van der Waals surface area contributed by atoms with E-state index in [0.717, 1.165) is 30.4 Å². The lowest BCUT2D eigenvalue weighted by atomic mass is 9.94. The van der Waals surface area contributed by atoms with Gasteiger partial charge in [-0.05, 0) is 42.4 Å². The lowest BCUT2D eigenvalue weighted by Gasteiger charge is -2.35. The second-order valence-corrected chi connectivity index (χ2v) is 10.0. The van der Waals surface area contributed by atoms with Crippen LogP contribution >= 0.6 is 0 Å². The van der Waals surface area contributed by atoms with Crippen LogP contribution in [-0.2, 0) is 20.5 Å². The SMILES string of the molecule is CC(C)(C)CN(CC1CC1)[C@H](CN)C(=O)Nc1ccc(N2CCOCC2=O)c(C(F)(F)F)c1. The molecule has 0 unspecified atom stereocenters. The van der Waals surface area contributed by atoms with Gasteiger partial charge in [0.15, 0.2) is 0 Å². The molecule has 0 aromatic heterocycles. The van der Waals surface area contributed by atoms with E-state index in [1.165, 1.54) is 12.1 Å². The van der Waals surface area contributed by atoms with Crippen LogP contribution in [0, 0.1) is 11.3 Å². The summed E-state index contributed by atoms with van der Waals surface area (Å²) in [6.45, 7) is 7.57. The number of nitrogens with two attached hydrogens (primary N) is 1. The van der Waals surface area contributed by atoms with E-state index in [1.807, 2.05) is 4.90 Å². The Morgan fingerprint density at radius 3 is 2.55 bits per heavy atom. The molecule has 0 spiro atoms. The maximum absolute atomic E-state index is 13.8. The van der Waals surface area contributed by atoms with Crippen LogP contribution in [0.25, 0.3) is 0 Å². The van der Waals surface area contributed by atoms with Crippen molar-refractivity contribution in [2.45, 2.75) is 45.8 Å². The van der Waals surface area contributed by atoms with E-state index in [1.54, 1.807) is 0 Å². The number of nitrogens with one attached hydrogen (secondary N) is 1. The fourth-order valence-electron chi connectivity index (χ4n) is 4.04.